The van der Waals surface area contributed by atoms with E-state index in [4.69, 9.17) is 4.52 Å². The van der Waals surface area contributed by atoms with Crippen molar-refractivity contribution in [3.8, 4) is 5.95 Å². The van der Waals surface area contributed by atoms with Gasteiger partial charge in [0.1, 0.15) is 11.3 Å². The topological polar surface area (TPSA) is 80.3 Å². The van der Waals surface area contributed by atoms with E-state index in [2.05, 4.69) is 20.1 Å². The molecule has 0 saturated carbocycles. The lowest BCUT2D eigenvalue weighted by atomic mass is 9.90. The summed E-state index contributed by atoms with van der Waals surface area (Å²) in [5.41, 5.74) is -0.748. The third kappa shape index (κ3) is 3.97. The monoisotopic (exact) mass is 472 g/mol. The number of piperidine rings is 2. The van der Waals surface area contributed by atoms with Crippen molar-refractivity contribution in [1.82, 2.24) is 29.7 Å². The molecule has 0 atom stereocenters. The number of fused-ring (bicyclic) bond motifs is 1. The Morgan fingerprint density at radius 2 is 1.88 bits per heavy atom. The molecule has 5 rings (SSSR count). The van der Waals surface area contributed by atoms with Crippen molar-refractivity contribution in [3.63, 3.8) is 0 Å². The van der Waals surface area contributed by atoms with Gasteiger partial charge in [-0.2, -0.15) is 14.8 Å². The van der Waals surface area contributed by atoms with Gasteiger partial charge in [-0.05, 0) is 30.0 Å². The molecule has 3 aromatic rings. The van der Waals surface area contributed by atoms with Gasteiger partial charge in [-0.1, -0.05) is 26.0 Å². The van der Waals surface area contributed by atoms with Crippen molar-refractivity contribution in [2.24, 2.45) is 0 Å². The summed E-state index contributed by atoms with van der Waals surface area (Å²) in [6.45, 7) is 8.21. The number of carbonyl (C=O) groups excluding carboxylic acids is 1. The zero-order valence-electron chi connectivity index (χ0n) is 19.8. The second-order valence-corrected chi connectivity index (χ2v) is 9.73. The molecular weight excluding hydrogens is 442 g/mol. The van der Waals surface area contributed by atoms with Crippen LogP contribution in [-0.2, 0) is 10.5 Å². The van der Waals surface area contributed by atoms with Crippen LogP contribution in [0, 0.1) is 5.82 Å². The summed E-state index contributed by atoms with van der Waals surface area (Å²) in [5, 5.41) is 9.17. The second kappa shape index (κ2) is 8.72. The minimum absolute atomic E-state index is 0.0352. The second-order valence-electron chi connectivity index (χ2n) is 9.73. The molecule has 2 saturated heterocycles. The van der Waals surface area contributed by atoms with Gasteiger partial charge < -0.3 is 9.42 Å². The summed E-state index contributed by atoms with van der Waals surface area (Å²) < 4.78 is 37.2. The van der Waals surface area contributed by atoms with E-state index >= 15 is 4.39 Å². The number of para-hydroxylation sites is 1. The molecule has 182 valence electrons. The number of likely N-dealkylation sites (tertiary alicyclic amines) is 2. The van der Waals surface area contributed by atoms with E-state index in [0.29, 0.717) is 24.5 Å². The molecule has 0 N–H and O–H groups in total. The van der Waals surface area contributed by atoms with Crippen LogP contribution in [0.5, 0.6) is 0 Å². The smallest absolute Gasteiger partial charge is 0.291 e. The minimum Gasteiger partial charge on any atom is -0.343 e. The Balaban J connectivity index is 1.33. The Hall–Kier alpha value is -2.88. The van der Waals surface area contributed by atoms with Crippen LogP contribution in [-0.4, -0.2) is 67.8 Å². The van der Waals surface area contributed by atoms with Crippen molar-refractivity contribution in [2.75, 3.05) is 26.2 Å². The molecule has 1 aromatic carbocycles. The van der Waals surface area contributed by atoms with E-state index in [-0.39, 0.29) is 42.0 Å². The first-order chi connectivity index (χ1) is 16.3. The number of benzene rings is 1. The summed E-state index contributed by atoms with van der Waals surface area (Å²) in [5.74, 6) is -0.316. The Morgan fingerprint density at radius 3 is 2.53 bits per heavy atom. The first-order valence-electron chi connectivity index (χ1n) is 12.0. The molecule has 34 heavy (non-hydrogen) atoms. The zero-order chi connectivity index (χ0) is 24.0. The van der Waals surface area contributed by atoms with Crippen molar-refractivity contribution >= 4 is 16.8 Å². The maximum absolute atomic E-state index is 15.9. The van der Waals surface area contributed by atoms with Crippen LogP contribution in [0.15, 0.2) is 22.7 Å². The molecule has 0 unspecified atom stereocenters. The van der Waals surface area contributed by atoms with Gasteiger partial charge in [-0.25, -0.2) is 8.78 Å². The van der Waals surface area contributed by atoms with Crippen LogP contribution in [0.3, 0.4) is 0 Å². The highest BCUT2D eigenvalue weighted by Crippen LogP contribution is 2.38. The van der Waals surface area contributed by atoms with E-state index in [9.17, 15) is 9.18 Å². The fourth-order valence-electron chi connectivity index (χ4n) is 5.21. The van der Waals surface area contributed by atoms with Gasteiger partial charge >= 0.3 is 0 Å². The van der Waals surface area contributed by atoms with Crippen molar-refractivity contribution in [3.05, 3.63) is 35.6 Å². The van der Waals surface area contributed by atoms with Gasteiger partial charge in [-0.3, -0.25) is 9.69 Å². The standard InChI is InChI=1S/C24H30F2N6O2/c1-15(2)20-18-5-4-6-19(25)21(18)32(28-20)23-27-22(34-29-23)24(26)9-13-31(14-10-24)17-7-11-30(12-8-17)16(3)33/h4-6,15,17H,7-14H2,1-3H3. The molecule has 10 heteroatoms. The fourth-order valence-corrected chi connectivity index (χ4v) is 5.21. The van der Waals surface area contributed by atoms with E-state index in [1.807, 2.05) is 24.8 Å². The SMILES string of the molecule is CC(=O)N1CCC(N2CCC(F)(c3nc(-n4nc(C(C)C)c5cccc(F)c54)no3)CC2)CC1. The summed E-state index contributed by atoms with van der Waals surface area (Å²) in [6, 6.07) is 5.17. The molecule has 0 bridgehead atoms. The van der Waals surface area contributed by atoms with Crippen LogP contribution < -0.4 is 0 Å². The number of rotatable bonds is 4. The van der Waals surface area contributed by atoms with Gasteiger partial charge in [0.2, 0.25) is 5.91 Å². The maximum atomic E-state index is 15.9. The molecular formula is C24H30F2N6O2. The summed E-state index contributed by atoms with van der Waals surface area (Å²) in [7, 11) is 0. The number of nitrogens with zero attached hydrogens (tertiary/aromatic N) is 6. The van der Waals surface area contributed by atoms with Crippen molar-refractivity contribution in [1.29, 1.82) is 0 Å². The van der Waals surface area contributed by atoms with E-state index in [1.54, 1.807) is 13.0 Å². The number of hydrogen-bond acceptors (Lipinski definition) is 6. The number of alkyl halides is 1. The lowest BCUT2D eigenvalue weighted by molar-refractivity contribution is -0.130. The maximum Gasteiger partial charge on any atom is 0.291 e. The van der Waals surface area contributed by atoms with Crippen molar-refractivity contribution in [2.45, 2.75) is 64.1 Å². The van der Waals surface area contributed by atoms with Gasteiger partial charge in [-0.15, -0.1) is 0 Å². The molecule has 0 radical (unpaired) electrons. The summed E-state index contributed by atoms with van der Waals surface area (Å²) in [4.78, 5) is 20.1. The molecule has 2 fully saturated rings. The third-order valence-electron chi connectivity index (χ3n) is 7.23. The number of halogens is 2. The summed E-state index contributed by atoms with van der Waals surface area (Å²) >= 11 is 0. The number of hydrogen-bond donors (Lipinski definition) is 0. The average molecular weight is 473 g/mol. The Bertz CT molecular complexity index is 1190. The Labute approximate surface area is 196 Å². The zero-order valence-corrected chi connectivity index (χ0v) is 19.8. The molecule has 2 aliphatic rings. The highest BCUT2D eigenvalue weighted by Gasteiger charge is 2.43. The van der Waals surface area contributed by atoms with E-state index in [1.165, 1.54) is 10.7 Å². The van der Waals surface area contributed by atoms with Gasteiger partial charge in [0.25, 0.3) is 11.8 Å². The molecule has 0 aliphatic carbocycles. The molecule has 8 nitrogen and oxygen atoms in total. The van der Waals surface area contributed by atoms with Crippen molar-refractivity contribution < 1.29 is 18.1 Å². The molecule has 2 aliphatic heterocycles. The van der Waals surface area contributed by atoms with Gasteiger partial charge in [0.15, 0.2) is 5.67 Å². The predicted molar refractivity (Wildman–Crippen MR) is 122 cm³/mol. The number of amides is 1. The molecule has 0 spiro atoms. The van der Waals surface area contributed by atoms with Crippen LogP contribution in [0.2, 0.25) is 0 Å². The van der Waals surface area contributed by atoms with Gasteiger partial charge in [0, 0.05) is 57.4 Å². The first-order valence-corrected chi connectivity index (χ1v) is 12.0. The minimum atomic E-state index is -1.73. The fraction of sp³-hybridized carbons (Fsp3) is 0.583. The third-order valence-corrected chi connectivity index (χ3v) is 7.23. The highest BCUT2D eigenvalue weighted by atomic mass is 19.1. The Kier molecular flexibility index (Phi) is 5.87. The molecule has 1 amide bonds. The summed E-state index contributed by atoms with van der Waals surface area (Å²) in [6.07, 6.45) is 2.29. The van der Waals surface area contributed by atoms with Crippen LogP contribution in [0.1, 0.15) is 64.0 Å². The normalized spacial score (nSPS) is 19.9. The van der Waals surface area contributed by atoms with Gasteiger partial charge in [0.05, 0.1) is 5.69 Å². The van der Waals surface area contributed by atoms with Crippen LogP contribution in [0.25, 0.3) is 16.9 Å². The lowest BCUT2D eigenvalue weighted by Gasteiger charge is -2.42. The Morgan fingerprint density at radius 1 is 1.18 bits per heavy atom. The molecule has 2 aromatic heterocycles. The number of aromatic nitrogens is 4. The van der Waals surface area contributed by atoms with Crippen LogP contribution in [0.4, 0.5) is 8.78 Å². The van der Waals surface area contributed by atoms with Crippen LogP contribution >= 0.6 is 0 Å². The predicted octanol–water partition coefficient (Wildman–Crippen LogP) is 3.94. The number of carbonyl (C=O) groups is 1. The average Bonchev–Trinajstić information content (AvgIpc) is 3.46. The highest BCUT2D eigenvalue weighted by molar-refractivity contribution is 5.84. The van der Waals surface area contributed by atoms with E-state index in [0.717, 1.165) is 31.6 Å². The van der Waals surface area contributed by atoms with E-state index < -0.39 is 11.5 Å². The largest absolute Gasteiger partial charge is 0.343 e. The lowest BCUT2D eigenvalue weighted by Crippen LogP contribution is -2.50. The quantitative estimate of drug-likeness (QED) is 0.572. The first kappa shape index (κ1) is 22.9. The molecule has 4 heterocycles.